The molecule has 0 aliphatic heterocycles. The molecule has 0 aliphatic rings. The summed E-state index contributed by atoms with van der Waals surface area (Å²) in [6.07, 6.45) is 0. The number of carboxylic acid groups (broad SMARTS) is 1. The Morgan fingerprint density at radius 3 is 2.26 bits per heavy atom. The van der Waals surface area contributed by atoms with Gasteiger partial charge < -0.3 is 15.7 Å². The van der Waals surface area contributed by atoms with E-state index in [1.807, 2.05) is 30.3 Å². The molecule has 2 aromatic carbocycles. The summed E-state index contributed by atoms with van der Waals surface area (Å²) in [7, 11) is 0. The third kappa shape index (κ3) is 5.42. The number of anilines is 1. The Bertz CT molecular complexity index is 609. The molecule has 0 saturated carbocycles. The van der Waals surface area contributed by atoms with Gasteiger partial charge in [0.05, 0.1) is 5.56 Å². The summed E-state index contributed by atoms with van der Waals surface area (Å²) in [6, 6.07) is 17.5. The summed E-state index contributed by atoms with van der Waals surface area (Å²) in [5, 5.41) is 15.9. The number of aromatic carboxylic acids is 1. The molecule has 0 radical (unpaired) electrons. The third-order valence-corrected chi connectivity index (χ3v) is 3.82. The number of carbonyl (C=O) groups is 1. The second kappa shape index (κ2) is 8.34. The number of hydrogen-bond acceptors (Lipinski definition) is 3. The largest absolute Gasteiger partial charge is 0.478 e. The van der Waals surface area contributed by atoms with Crippen LogP contribution in [0.4, 0.5) is 5.69 Å². The number of benzene rings is 2. The highest BCUT2D eigenvalue weighted by Gasteiger charge is 2.12. The highest BCUT2D eigenvalue weighted by atomic mass is 16.4. The average molecular weight is 312 g/mol. The van der Waals surface area contributed by atoms with Gasteiger partial charge in [-0.05, 0) is 35.7 Å². The molecule has 122 valence electrons. The van der Waals surface area contributed by atoms with Crippen LogP contribution in [0.25, 0.3) is 0 Å². The van der Waals surface area contributed by atoms with Crippen LogP contribution in [-0.4, -0.2) is 23.7 Å². The SMILES string of the molecule is CC(C)C(CNCc1ccc(C(=O)O)cc1)Nc1ccccc1. The molecule has 0 bridgehead atoms. The molecule has 4 heteroatoms. The van der Waals surface area contributed by atoms with E-state index in [0.717, 1.165) is 24.3 Å². The molecule has 0 saturated heterocycles. The zero-order chi connectivity index (χ0) is 16.7. The minimum atomic E-state index is -0.892. The van der Waals surface area contributed by atoms with Gasteiger partial charge in [-0.25, -0.2) is 4.79 Å². The maximum absolute atomic E-state index is 10.8. The Kier molecular flexibility index (Phi) is 6.18. The van der Waals surface area contributed by atoms with E-state index in [1.54, 1.807) is 12.1 Å². The third-order valence-electron chi connectivity index (χ3n) is 3.82. The number of para-hydroxylation sites is 1. The zero-order valence-corrected chi connectivity index (χ0v) is 13.6. The molecular formula is C19H24N2O2. The van der Waals surface area contributed by atoms with Gasteiger partial charge in [0, 0.05) is 24.8 Å². The summed E-state index contributed by atoms with van der Waals surface area (Å²) in [5.41, 5.74) is 2.52. The molecule has 1 unspecified atom stereocenters. The van der Waals surface area contributed by atoms with Crippen LogP contribution in [-0.2, 0) is 6.54 Å². The molecule has 2 aromatic rings. The first-order valence-corrected chi connectivity index (χ1v) is 7.91. The molecular weight excluding hydrogens is 288 g/mol. The molecule has 4 nitrogen and oxygen atoms in total. The number of nitrogens with one attached hydrogen (secondary N) is 2. The van der Waals surface area contributed by atoms with Crippen molar-refractivity contribution in [3.8, 4) is 0 Å². The summed E-state index contributed by atoms with van der Waals surface area (Å²) in [4.78, 5) is 10.8. The summed E-state index contributed by atoms with van der Waals surface area (Å²) in [6.45, 7) is 5.96. The van der Waals surface area contributed by atoms with Crippen LogP contribution in [0.5, 0.6) is 0 Å². The Balaban J connectivity index is 1.85. The van der Waals surface area contributed by atoms with Gasteiger partial charge in [-0.1, -0.05) is 44.2 Å². The fourth-order valence-electron chi connectivity index (χ4n) is 2.34. The Morgan fingerprint density at radius 1 is 1.04 bits per heavy atom. The molecule has 0 aliphatic carbocycles. The van der Waals surface area contributed by atoms with Crippen molar-refractivity contribution >= 4 is 11.7 Å². The van der Waals surface area contributed by atoms with Gasteiger partial charge in [0.1, 0.15) is 0 Å². The maximum Gasteiger partial charge on any atom is 0.335 e. The first-order chi connectivity index (χ1) is 11.1. The predicted octanol–water partition coefficient (Wildman–Crippen LogP) is 3.61. The molecule has 2 rings (SSSR count). The van der Waals surface area contributed by atoms with E-state index in [1.165, 1.54) is 0 Å². The minimum Gasteiger partial charge on any atom is -0.478 e. The summed E-state index contributed by atoms with van der Waals surface area (Å²) in [5.74, 6) is -0.395. The van der Waals surface area contributed by atoms with Crippen LogP contribution in [0.3, 0.4) is 0 Å². The number of hydrogen-bond donors (Lipinski definition) is 3. The van der Waals surface area contributed by atoms with Crippen LogP contribution in [0.1, 0.15) is 29.8 Å². The second-order valence-electron chi connectivity index (χ2n) is 5.99. The van der Waals surface area contributed by atoms with Crippen LogP contribution < -0.4 is 10.6 Å². The maximum atomic E-state index is 10.8. The van der Waals surface area contributed by atoms with E-state index < -0.39 is 5.97 Å². The fourth-order valence-corrected chi connectivity index (χ4v) is 2.34. The van der Waals surface area contributed by atoms with E-state index in [9.17, 15) is 4.79 Å². The van der Waals surface area contributed by atoms with Crippen LogP contribution in [0.2, 0.25) is 0 Å². The lowest BCUT2D eigenvalue weighted by atomic mass is 10.0. The normalized spacial score (nSPS) is 12.1. The number of rotatable bonds is 8. The van der Waals surface area contributed by atoms with Crippen molar-refractivity contribution in [3.63, 3.8) is 0 Å². The Morgan fingerprint density at radius 2 is 1.70 bits per heavy atom. The molecule has 0 aromatic heterocycles. The van der Waals surface area contributed by atoms with Crippen molar-refractivity contribution in [1.29, 1.82) is 0 Å². The minimum absolute atomic E-state index is 0.319. The standard InChI is InChI=1S/C19H24N2O2/c1-14(2)18(21-17-6-4-3-5-7-17)13-20-12-15-8-10-16(11-9-15)19(22)23/h3-11,14,18,20-21H,12-13H2,1-2H3,(H,22,23). The lowest BCUT2D eigenvalue weighted by Gasteiger charge is -2.24. The van der Waals surface area contributed by atoms with E-state index in [0.29, 0.717) is 17.5 Å². The van der Waals surface area contributed by atoms with Gasteiger partial charge in [-0.2, -0.15) is 0 Å². The molecule has 3 N–H and O–H groups in total. The average Bonchev–Trinajstić information content (AvgIpc) is 2.55. The van der Waals surface area contributed by atoms with E-state index in [4.69, 9.17) is 5.11 Å². The lowest BCUT2D eigenvalue weighted by molar-refractivity contribution is 0.0697. The second-order valence-corrected chi connectivity index (χ2v) is 5.99. The first kappa shape index (κ1) is 17.0. The van der Waals surface area contributed by atoms with Gasteiger partial charge in [0.25, 0.3) is 0 Å². The van der Waals surface area contributed by atoms with Crippen LogP contribution in [0.15, 0.2) is 54.6 Å². The predicted molar refractivity (Wildman–Crippen MR) is 93.8 cm³/mol. The van der Waals surface area contributed by atoms with Crippen molar-refractivity contribution in [2.45, 2.75) is 26.4 Å². The van der Waals surface area contributed by atoms with Gasteiger partial charge in [-0.15, -0.1) is 0 Å². The molecule has 1 atom stereocenters. The smallest absolute Gasteiger partial charge is 0.335 e. The lowest BCUT2D eigenvalue weighted by Crippen LogP contribution is -2.36. The van der Waals surface area contributed by atoms with E-state index >= 15 is 0 Å². The Labute approximate surface area is 137 Å². The van der Waals surface area contributed by atoms with Crippen molar-refractivity contribution < 1.29 is 9.90 Å². The van der Waals surface area contributed by atoms with Crippen molar-refractivity contribution in [2.24, 2.45) is 5.92 Å². The topological polar surface area (TPSA) is 61.4 Å². The highest BCUT2D eigenvalue weighted by molar-refractivity contribution is 5.87. The van der Waals surface area contributed by atoms with Crippen molar-refractivity contribution in [2.75, 3.05) is 11.9 Å². The summed E-state index contributed by atoms with van der Waals surface area (Å²) >= 11 is 0. The Hall–Kier alpha value is -2.33. The van der Waals surface area contributed by atoms with Gasteiger partial charge >= 0.3 is 5.97 Å². The molecule has 0 heterocycles. The molecule has 0 fully saturated rings. The van der Waals surface area contributed by atoms with E-state index in [-0.39, 0.29) is 0 Å². The fraction of sp³-hybridized carbons (Fsp3) is 0.316. The zero-order valence-electron chi connectivity index (χ0n) is 13.6. The van der Waals surface area contributed by atoms with Gasteiger partial charge in [0.2, 0.25) is 0 Å². The first-order valence-electron chi connectivity index (χ1n) is 7.91. The highest BCUT2D eigenvalue weighted by Crippen LogP contribution is 2.12. The monoisotopic (exact) mass is 312 g/mol. The van der Waals surface area contributed by atoms with Crippen LogP contribution >= 0.6 is 0 Å². The molecule has 23 heavy (non-hydrogen) atoms. The quantitative estimate of drug-likeness (QED) is 0.697. The molecule has 0 amide bonds. The van der Waals surface area contributed by atoms with Gasteiger partial charge in [-0.3, -0.25) is 0 Å². The molecule has 0 spiro atoms. The summed E-state index contributed by atoms with van der Waals surface area (Å²) < 4.78 is 0. The van der Waals surface area contributed by atoms with Crippen molar-refractivity contribution in [3.05, 3.63) is 65.7 Å². The number of carboxylic acids is 1. The van der Waals surface area contributed by atoms with E-state index in [2.05, 4.69) is 36.6 Å². The van der Waals surface area contributed by atoms with Gasteiger partial charge in [0.15, 0.2) is 0 Å². The van der Waals surface area contributed by atoms with Crippen molar-refractivity contribution in [1.82, 2.24) is 5.32 Å². The van der Waals surface area contributed by atoms with Crippen LogP contribution in [0, 0.1) is 5.92 Å².